The Bertz CT molecular complexity index is 3060. The molecule has 3 aromatic heterocycles. The highest BCUT2D eigenvalue weighted by Crippen LogP contribution is 2.50. The molecule has 0 N–H and O–H groups in total. The zero-order valence-corrected chi connectivity index (χ0v) is 28.2. The van der Waals surface area contributed by atoms with Crippen molar-refractivity contribution < 1.29 is 4.42 Å². The van der Waals surface area contributed by atoms with Crippen LogP contribution in [-0.4, -0.2) is 14.5 Å². The van der Waals surface area contributed by atoms with Crippen LogP contribution >= 0.6 is 0 Å². The molecule has 0 saturated heterocycles. The van der Waals surface area contributed by atoms with E-state index in [4.69, 9.17) is 14.4 Å². The van der Waals surface area contributed by atoms with Gasteiger partial charge in [0.05, 0.1) is 22.4 Å². The highest BCUT2D eigenvalue weighted by atomic mass is 16.3. The summed E-state index contributed by atoms with van der Waals surface area (Å²) in [7, 11) is 0. The van der Waals surface area contributed by atoms with Gasteiger partial charge in [-0.15, -0.1) is 0 Å². The van der Waals surface area contributed by atoms with Gasteiger partial charge in [-0.2, -0.15) is 0 Å². The van der Waals surface area contributed by atoms with Crippen LogP contribution in [0.25, 0.3) is 94.0 Å². The SMILES string of the molecule is CC1(C)c2ccc(-c3ccccc3)cc2-c2nc(-n3c4ccccc4c4cc5ccccc5cc43)c(-c3ccc4oc5ccccc5c4c3)nc21. The molecule has 7 aromatic carbocycles. The molecule has 0 spiro atoms. The van der Waals surface area contributed by atoms with Gasteiger partial charge >= 0.3 is 0 Å². The standard InChI is InChI=1S/C47H31N3O/c1-47(2)38-22-20-31(28-12-4-3-5-13-28)25-37(38)44-45(47)48-43(32-21-23-42-36(26-32)34-17-9-11-19-41(34)51-42)46(49-44)50-39-18-10-8-16-33(39)35-24-29-14-6-7-15-30(29)27-40(35)50/h3-27H,1-2H3. The van der Waals surface area contributed by atoms with Gasteiger partial charge in [-0.3, -0.25) is 4.57 Å². The molecule has 0 aliphatic heterocycles. The quantitative estimate of drug-likeness (QED) is 0.191. The van der Waals surface area contributed by atoms with E-state index in [1.54, 1.807) is 0 Å². The number of hydrogen-bond donors (Lipinski definition) is 0. The topological polar surface area (TPSA) is 43.9 Å². The van der Waals surface area contributed by atoms with Crippen LogP contribution in [0.3, 0.4) is 0 Å². The number of aromatic nitrogens is 3. The maximum Gasteiger partial charge on any atom is 0.165 e. The van der Waals surface area contributed by atoms with Crippen molar-refractivity contribution in [3.8, 4) is 39.5 Å². The molecule has 1 aliphatic rings. The van der Waals surface area contributed by atoms with E-state index in [1.807, 2.05) is 12.1 Å². The summed E-state index contributed by atoms with van der Waals surface area (Å²) in [6.07, 6.45) is 0. The summed E-state index contributed by atoms with van der Waals surface area (Å²) in [5.74, 6) is 0.816. The van der Waals surface area contributed by atoms with Gasteiger partial charge in [-0.1, -0.05) is 117 Å². The zero-order chi connectivity index (χ0) is 33.8. The van der Waals surface area contributed by atoms with E-state index in [2.05, 4.69) is 158 Å². The van der Waals surface area contributed by atoms with Crippen molar-refractivity contribution >= 4 is 54.5 Å². The van der Waals surface area contributed by atoms with E-state index in [0.29, 0.717) is 0 Å². The fraction of sp³-hybridized carbons (Fsp3) is 0.0638. The van der Waals surface area contributed by atoms with Gasteiger partial charge in [0.2, 0.25) is 0 Å². The predicted molar refractivity (Wildman–Crippen MR) is 210 cm³/mol. The van der Waals surface area contributed by atoms with Crippen LogP contribution in [-0.2, 0) is 5.41 Å². The summed E-state index contributed by atoms with van der Waals surface area (Å²) in [6.45, 7) is 4.55. The number of hydrogen-bond acceptors (Lipinski definition) is 3. The number of para-hydroxylation sites is 2. The first-order chi connectivity index (χ1) is 25.0. The van der Waals surface area contributed by atoms with Crippen molar-refractivity contribution in [1.82, 2.24) is 14.5 Å². The van der Waals surface area contributed by atoms with Crippen LogP contribution in [0.5, 0.6) is 0 Å². The lowest BCUT2D eigenvalue weighted by Gasteiger charge is -2.21. The lowest BCUT2D eigenvalue weighted by Crippen LogP contribution is -2.18. The highest BCUT2D eigenvalue weighted by Gasteiger charge is 2.40. The Labute approximate surface area is 294 Å². The third-order valence-corrected chi connectivity index (χ3v) is 10.9. The largest absolute Gasteiger partial charge is 0.456 e. The number of fused-ring (bicyclic) bond motifs is 10. The second-order valence-electron chi connectivity index (χ2n) is 14.2. The number of furan rings is 1. The van der Waals surface area contributed by atoms with Gasteiger partial charge < -0.3 is 4.42 Å². The Morgan fingerprint density at radius 2 is 1.20 bits per heavy atom. The number of benzene rings is 7. The minimum Gasteiger partial charge on any atom is -0.456 e. The second-order valence-corrected chi connectivity index (χ2v) is 14.2. The molecule has 10 aromatic rings. The average Bonchev–Trinajstić information content (AvgIpc) is 3.78. The third-order valence-electron chi connectivity index (χ3n) is 10.9. The molecule has 3 heterocycles. The molecule has 1 aliphatic carbocycles. The van der Waals surface area contributed by atoms with Crippen molar-refractivity contribution in [3.05, 3.63) is 163 Å². The molecular formula is C47H31N3O. The number of rotatable bonds is 3. The van der Waals surface area contributed by atoms with Crippen molar-refractivity contribution in [2.45, 2.75) is 19.3 Å². The molecule has 4 heteroatoms. The van der Waals surface area contributed by atoms with Crippen LogP contribution in [0, 0.1) is 0 Å². The predicted octanol–water partition coefficient (Wildman–Crippen LogP) is 12.3. The maximum atomic E-state index is 6.26. The first kappa shape index (κ1) is 28.3. The molecule has 51 heavy (non-hydrogen) atoms. The van der Waals surface area contributed by atoms with Gasteiger partial charge in [0, 0.05) is 38.1 Å². The van der Waals surface area contributed by atoms with E-state index < -0.39 is 0 Å². The summed E-state index contributed by atoms with van der Waals surface area (Å²) in [5, 5.41) is 6.95. The van der Waals surface area contributed by atoms with E-state index >= 15 is 0 Å². The van der Waals surface area contributed by atoms with Gasteiger partial charge in [0.25, 0.3) is 0 Å². The molecule has 0 saturated carbocycles. The Morgan fingerprint density at radius 3 is 2.06 bits per heavy atom. The average molecular weight is 654 g/mol. The van der Waals surface area contributed by atoms with E-state index in [0.717, 1.165) is 67.0 Å². The molecule has 0 fully saturated rings. The normalized spacial score (nSPS) is 13.5. The zero-order valence-electron chi connectivity index (χ0n) is 28.2. The fourth-order valence-electron chi connectivity index (χ4n) is 8.38. The number of nitrogens with zero attached hydrogens (tertiary/aromatic N) is 3. The molecule has 240 valence electrons. The maximum absolute atomic E-state index is 6.26. The van der Waals surface area contributed by atoms with Crippen LogP contribution in [0.4, 0.5) is 0 Å². The summed E-state index contributed by atoms with van der Waals surface area (Å²) in [4.78, 5) is 11.4. The molecule has 11 rings (SSSR count). The van der Waals surface area contributed by atoms with Crippen molar-refractivity contribution in [2.24, 2.45) is 0 Å². The van der Waals surface area contributed by atoms with Crippen molar-refractivity contribution in [3.63, 3.8) is 0 Å². The van der Waals surface area contributed by atoms with Gasteiger partial charge in [0.15, 0.2) is 5.82 Å². The Morgan fingerprint density at radius 1 is 0.490 bits per heavy atom. The van der Waals surface area contributed by atoms with E-state index in [1.165, 1.54) is 38.2 Å². The Hall–Kier alpha value is -6.52. The van der Waals surface area contributed by atoms with Crippen LogP contribution in [0.2, 0.25) is 0 Å². The van der Waals surface area contributed by atoms with E-state index in [9.17, 15) is 0 Å². The van der Waals surface area contributed by atoms with Gasteiger partial charge in [0.1, 0.15) is 16.9 Å². The lowest BCUT2D eigenvalue weighted by molar-refractivity contribution is 0.635. The van der Waals surface area contributed by atoms with Crippen LogP contribution in [0.1, 0.15) is 25.1 Å². The molecule has 0 unspecified atom stereocenters. The fourth-order valence-corrected chi connectivity index (χ4v) is 8.38. The Kier molecular flexibility index (Phi) is 5.70. The summed E-state index contributed by atoms with van der Waals surface area (Å²) >= 11 is 0. The summed E-state index contributed by atoms with van der Waals surface area (Å²) in [5.41, 5.74) is 12.1. The smallest absolute Gasteiger partial charge is 0.165 e. The molecule has 4 nitrogen and oxygen atoms in total. The minimum absolute atomic E-state index is 0.344. The van der Waals surface area contributed by atoms with Crippen molar-refractivity contribution in [1.29, 1.82) is 0 Å². The molecular weight excluding hydrogens is 623 g/mol. The van der Waals surface area contributed by atoms with Gasteiger partial charge in [-0.25, -0.2) is 9.97 Å². The first-order valence-electron chi connectivity index (χ1n) is 17.5. The van der Waals surface area contributed by atoms with Gasteiger partial charge in [-0.05, 0) is 76.0 Å². The first-order valence-corrected chi connectivity index (χ1v) is 17.5. The lowest BCUT2D eigenvalue weighted by atomic mass is 9.84. The second kappa shape index (κ2) is 10.3. The molecule has 0 bridgehead atoms. The van der Waals surface area contributed by atoms with Crippen molar-refractivity contribution in [2.75, 3.05) is 0 Å². The molecule has 0 atom stereocenters. The van der Waals surface area contributed by atoms with Crippen LogP contribution < -0.4 is 0 Å². The summed E-state index contributed by atoms with van der Waals surface area (Å²) in [6, 6.07) is 54.0. The molecule has 0 radical (unpaired) electrons. The van der Waals surface area contributed by atoms with Crippen LogP contribution in [0.15, 0.2) is 156 Å². The summed E-state index contributed by atoms with van der Waals surface area (Å²) < 4.78 is 8.59. The third kappa shape index (κ3) is 4.02. The minimum atomic E-state index is -0.344. The van der Waals surface area contributed by atoms with E-state index in [-0.39, 0.29) is 5.41 Å². The highest BCUT2D eigenvalue weighted by molar-refractivity contribution is 6.14. The molecule has 0 amide bonds. The monoisotopic (exact) mass is 653 g/mol. The Balaban J connectivity index is 1.26.